The maximum absolute atomic E-state index is 9.86. The van der Waals surface area contributed by atoms with E-state index in [0.717, 1.165) is 0 Å². The maximum Gasteiger partial charge on any atom is 0.303 e. The molecule has 2 amide bonds. The number of aliphatic carboxylic acids is 2. The predicted molar refractivity (Wildman–Crippen MR) is 63.4 cm³/mol. The lowest BCUT2D eigenvalue weighted by Gasteiger charge is -1.86. The van der Waals surface area contributed by atoms with Gasteiger partial charge in [-0.1, -0.05) is 0 Å². The van der Waals surface area contributed by atoms with E-state index in [9.17, 15) is 19.2 Å². The molecule has 0 rings (SSSR count). The van der Waals surface area contributed by atoms with Gasteiger partial charge in [0.05, 0.1) is 12.8 Å². The quantitative estimate of drug-likeness (QED) is 0.470. The Morgan fingerprint density at radius 2 is 0.944 bits per heavy atom. The van der Waals surface area contributed by atoms with Crippen LogP contribution in [-0.4, -0.2) is 34.0 Å². The minimum atomic E-state index is -0.996. The highest BCUT2D eigenvalue weighted by Crippen LogP contribution is 1.84. The number of primary amides is 2. The second-order valence-corrected chi connectivity index (χ2v) is 2.72. The molecule has 0 fully saturated rings. The van der Waals surface area contributed by atoms with Crippen LogP contribution in [0.3, 0.4) is 0 Å². The molecule has 0 aromatic carbocycles. The Bertz CT molecular complexity index is 234. The molecule has 104 valence electrons. The van der Waals surface area contributed by atoms with Gasteiger partial charge >= 0.3 is 11.9 Å². The summed E-state index contributed by atoms with van der Waals surface area (Å²) in [6.45, 7) is 6.00. The van der Waals surface area contributed by atoms with E-state index in [0.29, 0.717) is 0 Å². The Morgan fingerprint density at radius 1 is 0.722 bits per heavy atom. The lowest BCUT2D eigenvalue weighted by Crippen LogP contribution is -2.12. The molecule has 8 nitrogen and oxygen atoms in total. The van der Waals surface area contributed by atoms with Gasteiger partial charge in [0.15, 0.2) is 0 Å². The van der Waals surface area contributed by atoms with Crippen molar-refractivity contribution in [1.29, 1.82) is 0 Å². The van der Waals surface area contributed by atoms with E-state index in [1.807, 2.05) is 0 Å². The van der Waals surface area contributed by atoms with Crippen LogP contribution in [0.25, 0.3) is 0 Å². The maximum atomic E-state index is 9.86. The van der Waals surface area contributed by atoms with Crippen molar-refractivity contribution in [3.8, 4) is 0 Å². The van der Waals surface area contributed by atoms with Crippen molar-refractivity contribution in [1.82, 2.24) is 0 Å². The van der Waals surface area contributed by atoms with Gasteiger partial charge < -0.3 is 21.7 Å². The molecular formula is C10H18N2O6. The number of rotatable bonds is 6. The van der Waals surface area contributed by atoms with Crippen molar-refractivity contribution < 1.29 is 29.4 Å². The first-order chi connectivity index (χ1) is 8.25. The van der Waals surface area contributed by atoms with Gasteiger partial charge in [-0.25, -0.2) is 0 Å². The third kappa shape index (κ3) is 37.4. The molecule has 0 saturated heterocycles. The van der Waals surface area contributed by atoms with Crippen LogP contribution in [0.4, 0.5) is 0 Å². The zero-order valence-corrected chi connectivity index (χ0v) is 9.92. The predicted octanol–water partition coefficient (Wildman–Crippen LogP) is -0.525. The third-order valence-electron chi connectivity index (χ3n) is 1.17. The van der Waals surface area contributed by atoms with Crippen LogP contribution in [0.1, 0.15) is 25.7 Å². The summed E-state index contributed by atoms with van der Waals surface area (Å²) in [5.41, 5.74) is 9.28. The molecule has 0 aromatic heterocycles. The number of carbonyl (C=O) groups is 4. The highest BCUT2D eigenvalue weighted by atomic mass is 16.4. The molecule has 0 aliphatic rings. The van der Waals surface area contributed by atoms with Gasteiger partial charge in [0.25, 0.3) is 0 Å². The molecule has 0 heterocycles. The Hall–Kier alpha value is -2.38. The summed E-state index contributed by atoms with van der Waals surface area (Å²) < 4.78 is 0. The Morgan fingerprint density at radius 3 is 1.00 bits per heavy atom. The second kappa shape index (κ2) is 14.6. The molecular weight excluding hydrogens is 244 g/mol. The number of amides is 2. The van der Waals surface area contributed by atoms with Gasteiger partial charge in [-0.3, -0.25) is 19.2 Å². The smallest absolute Gasteiger partial charge is 0.303 e. The Kier molecular flexibility index (Phi) is 17.0. The molecule has 0 aliphatic heterocycles. The fraction of sp³-hybridized carbons (Fsp3) is 0.400. The van der Waals surface area contributed by atoms with Gasteiger partial charge in [-0.2, -0.15) is 0 Å². The van der Waals surface area contributed by atoms with Gasteiger partial charge in [0.2, 0.25) is 11.8 Å². The topological polar surface area (TPSA) is 161 Å². The highest BCUT2D eigenvalue weighted by Gasteiger charge is 1.99. The third-order valence-corrected chi connectivity index (χ3v) is 1.17. The number of nitrogens with two attached hydrogens (primary N) is 2. The summed E-state index contributed by atoms with van der Waals surface area (Å²) in [7, 11) is 0. The Labute approximate surface area is 104 Å². The first-order valence-corrected chi connectivity index (χ1v) is 4.76. The Balaban J connectivity index is -0.000000219. The van der Waals surface area contributed by atoms with Crippen LogP contribution in [0.5, 0.6) is 0 Å². The van der Waals surface area contributed by atoms with E-state index in [4.69, 9.17) is 10.2 Å². The fourth-order valence-electron chi connectivity index (χ4n) is 0.460. The van der Waals surface area contributed by atoms with Crippen molar-refractivity contribution in [2.75, 3.05) is 0 Å². The van der Waals surface area contributed by atoms with Crippen LogP contribution in [-0.2, 0) is 19.2 Å². The molecule has 0 aliphatic carbocycles. The monoisotopic (exact) mass is 262 g/mol. The minimum absolute atomic E-state index is 0.0741. The lowest BCUT2D eigenvalue weighted by molar-refractivity contribution is -0.139. The molecule has 0 unspecified atom stereocenters. The number of hydrogen-bond donors (Lipinski definition) is 4. The number of hydrogen-bond acceptors (Lipinski definition) is 4. The summed E-state index contributed by atoms with van der Waals surface area (Å²) in [5.74, 6) is -3.15. The first-order valence-electron chi connectivity index (χ1n) is 4.76. The largest absolute Gasteiger partial charge is 0.481 e. The normalized spacial score (nSPS) is 7.78. The molecule has 0 spiro atoms. The summed E-state index contributed by atoms with van der Waals surface area (Å²) in [5, 5.41) is 15.9. The zero-order chi connectivity index (χ0) is 15.1. The lowest BCUT2D eigenvalue weighted by atomic mass is 10.3. The average Bonchev–Trinajstić information content (AvgIpc) is 2.27. The second-order valence-electron chi connectivity index (χ2n) is 2.72. The summed E-state index contributed by atoms with van der Waals surface area (Å²) >= 11 is 0. The van der Waals surface area contributed by atoms with Crippen molar-refractivity contribution in [2.45, 2.75) is 25.7 Å². The van der Waals surface area contributed by atoms with E-state index < -0.39 is 23.8 Å². The summed E-state index contributed by atoms with van der Waals surface area (Å²) in [6, 6.07) is 0. The molecule has 0 bridgehead atoms. The summed E-state index contributed by atoms with van der Waals surface area (Å²) in [4.78, 5) is 39.1. The van der Waals surface area contributed by atoms with Crippen molar-refractivity contribution in [3.05, 3.63) is 13.2 Å². The molecule has 0 atom stereocenters. The standard InChI is InChI=1S/2C4H7NO3.C2H4/c2*5-3(6)1-2-4(7)8;1-2/h2*1-2H2,(H2,5,6)(H,7,8);1-2H2. The van der Waals surface area contributed by atoms with Crippen LogP contribution in [0.2, 0.25) is 0 Å². The number of carboxylic acid groups (broad SMARTS) is 2. The summed E-state index contributed by atoms with van der Waals surface area (Å²) in [6.07, 6.45) is -0.491. The molecule has 0 aromatic rings. The zero-order valence-electron chi connectivity index (χ0n) is 9.92. The van der Waals surface area contributed by atoms with Crippen molar-refractivity contribution in [3.63, 3.8) is 0 Å². The molecule has 0 radical (unpaired) electrons. The van der Waals surface area contributed by atoms with Crippen LogP contribution in [0, 0.1) is 0 Å². The van der Waals surface area contributed by atoms with Crippen LogP contribution >= 0.6 is 0 Å². The number of carbonyl (C=O) groups excluding carboxylic acids is 2. The van der Waals surface area contributed by atoms with Crippen LogP contribution < -0.4 is 11.5 Å². The van der Waals surface area contributed by atoms with E-state index in [1.54, 1.807) is 0 Å². The minimum Gasteiger partial charge on any atom is -0.481 e. The average molecular weight is 262 g/mol. The molecule has 18 heavy (non-hydrogen) atoms. The fourth-order valence-corrected chi connectivity index (χ4v) is 0.460. The van der Waals surface area contributed by atoms with E-state index in [1.165, 1.54) is 0 Å². The van der Waals surface area contributed by atoms with E-state index >= 15 is 0 Å². The molecule has 6 N–H and O–H groups in total. The first kappa shape index (κ1) is 21.0. The number of carboxylic acids is 2. The molecule has 0 saturated carbocycles. The van der Waals surface area contributed by atoms with Crippen LogP contribution in [0.15, 0.2) is 13.2 Å². The molecule has 8 heteroatoms. The van der Waals surface area contributed by atoms with Crippen molar-refractivity contribution >= 4 is 23.8 Å². The van der Waals surface area contributed by atoms with Crippen molar-refractivity contribution in [2.24, 2.45) is 11.5 Å². The van der Waals surface area contributed by atoms with Gasteiger partial charge in [-0.05, 0) is 0 Å². The van der Waals surface area contributed by atoms with Gasteiger partial charge in [0.1, 0.15) is 0 Å². The van der Waals surface area contributed by atoms with Gasteiger partial charge in [0, 0.05) is 12.8 Å². The SMILES string of the molecule is C=C.NC(=O)CCC(=O)O.NC(=O)CCC(=O)O. The highest BCUT2D eigenvalue weighted by molar-refractivity contribution is 5.79. The van der Waals surface area contributed by atoms with E-state index in [-0.39, 0.29) is 25.7 Å². The van der Waals surface area contributed by atoms with Gasteiger partial charge in [-0.15, -0.1) is 13.2 Å². The van der Waals surface area contributed by atoms with E-state index in [2.05, 4.69) is 24.6 Å².